The van der Waals surface area contributed by atoms with Crippen molar-refractivity contribution in [1.82, 2.24) is 4.90 Å². The minimum Gasteiger partial charge on any atom is -0.368 e. The van der Waals surface area contributed by atoms with Crippen LogP contribution in [-0.4, -0.2) is 45.4 Å². The second-order valence-electron chi connectivity index (χ2n) is 7.73. The maximum absolute atomic E-state index is 13.0. The molecule has 1 aliphatic heterocycles. The van der Waals surface area contributed by atoms with Crippen LogP contribution in [0.15, 0.2) is 77.7 Å². The summed E-state index contributed by atoms with van der Waals surface area (Å²) in [5.74, 6) is -0.118. The molecule has 6 nitrogen and oxygen atoms in total. The van der Waals surface area contributed by atoms with Crippen molar-refractivity contribution in [2.75, 3.05) is 35.8 Å². The Hall–Kier alpha value is -3.03. The summed E-state index contributed by atoms with van der Waals surface area (Å²) in [6.45, 7) is 4.59. The van der Waals surface area contributed by atoms with E-state index >= 15 is 0 Å². The zero-order chi connectivity index (χ0) is 22.7. The normalized spacial score (nSPS) is 14.3. The average Bonchev–Trinajstić information content (AvgIpc) is 2.81. The van der Waals surface area contributed by atoms with E-state index in [9.17, 15) is 13.2 Å². The molecule has 0 bridgehead atoms. The zero-order valence-electron chi connectivity index (χ0n) is 17.7. The molecule has 3 aromatic rings. The highest BCUT2D eigenvalue weighted by Crippen LogP contribution is 2.27. The first kappa shape index (κ1) is 22.2. The Bertz CT molecular complexity index is 1210. The average molecular weight is 470 g/mol. The van der Waals surface area contributed by atoms with Crippen LogP contribution in [0, 0.1) is 6.92 Å². The monoisotopic (exact) mass is 469 g/mol. The number of benzene rings is 3. The van der Waals surface area contributed by atoms with Gasteiger partial charge in [-0.1, -0.05) is 47.5 Å². The Morgan fingerprint density at radius 3 is 2.19 bits per heavy atom. The van der Waals surface area contributed by atoms with Gasteiger partial charge in [-0.15, -0.1) is 0 Å². The summed E-state index contributed by atoms with van der Waals surface area (Å²) in [6.07, 6.45) is 0. The summed E-state index contributed by atoms with van der Waals surface area (Å²) < 4.78 is 27.8. The lowest BCUT2D eigenvalue weighted by Crippen LogP contribution is -2.48. The molecule has 0 aromatic heterocycles. The quantitative estimate of drug-likeness (QED) is 0.600. The van der Waals surface area contributed by atoms with Crippen molar-refractivity contribution in [2.45, 2.75) is 11.8 Å². The molecular weight excluding hydrogens is 446 g/mol. The fourth-order valence-corrected chi connectivity index (χ4v) is 5.00. The van der Waals surface area contributed by atoms with Crippen LogP contribution in [0.4, 0.5) is 11.4 Å². The molecule has 0 saturated carbocycles. The Balaban J connectivity index is 1.43. The van der Waals surface area contributed by atoms with Crippen LogP contribution < -0.4 is 9.62 Å². The van der Waals surface area contributed by atoms with Gasteiger partial charge in [0.15, 0.2) is 0 Å². The summed E-state index contributed by atoms with van der Waals surface area (Å²) in [6, 6.07) is 21.3. The van der Waals surface area contributed by atoms with Gasteiger partial charge in [0.05, 0.1) is 15.6 Å². The topological polar surface area (TPSA) is 69.7 Å². The highest BCUT2D eigenvalue weighted by atomic mass is 35.5. The summed E-state index contributed by atoms with van der Waals surface area (Å²) in [4.78, 5) is 17.1. The first-order chi connectivity index (χ1) is 15.3. The van der Waals surface area contributed by atoms with E-state index in [-0.39, 0.29) is 21.5 Å². The summed E-state index contributed by atoms with van der Waals surface area (Å²) >= 11 is 6.33. The van der Waals surface area contributed by atoms with Gasteiger partial charge >= 0.3 is 0 Å². The summed E-state index contributed by atoms with van der Waals surface area (Å²) in [5, 5.41) is 0.175. The van der Waals surface area contributed by atoms with Crippen molar-refractivity contribution >= 4 is 38.9 Å². The van der Waals surface area contributed by atoms with Gasteiger partial charge in [0.25, 0.3) is 15.9 Å². The van der Waals surface area contributed by atoms with E-state index in [0.29, 0.717) is 18.7 Å². The van der Waals surface area contributed by atoms with Gasteiger partial charge in [-0.3, -0.25) is 9.52 Å². The highest BCUT2D eigenvalue weighted by molar-refractivity contribution is 7.92. The number of nitrogens with zero attached hydrogens (tertiary/aromatic N) is 2. The number of nitrogens with one attached hydrogen (secondary N) is 1. The van der Waals surface area contributed by atoms with Crippen LogP contribution in [0.5, 0.6) is 0 Å². The van der Waals surface area contributed by atoms with Gasteiger partial charge in [0.1, 0.15) is 0 Å². The molecule has 0 radical (unpaired) electrons. The standard InChI is InChI=1S/C24H24ClN3O3S/c1-18-7-10-21(11-8-18)32(30,31)26-23-12-9-19(17-22(23)25)24(29)28-15-13-27(14-16-28)20-5-3-2-4-6-20/h2-12,17,26H,13-16H2,1H3. The molecule has 1 fully saturated rings. The molecule has 0 unspecified atom stereocenters. The van der Waals surface area contributed by atoms with E-state index < -0.39 is 10.0 Å². The number of carbonyl (C=O) groups is 1. The Morgan fingerprint density at radius 2 is 1.56 bits per heavy atom. The number of carbonyl (C=O) groups excluding carboxylic acids is 1. The maximum atomic E-state index is 13.0. The van der Waals surface area contributed by atoms with Crippen LogP contribution in [-0.2, 0) is 10.0 Å². The number of para-hydroxylation sites is 1. The van der Waals surface area contributed by atoms with Crippen molar-refractivity contribution in [2.24, 2.45) is 0 Å². The minimum absolute atomic E-state index is 0.118. The van der Waals surface area contributed by atoms with E-state index in [1.54, 1.807) is 35.2 Å². The van der Waals surface area contributed by atoms with E-state index in [4.69, 9.17) is 11.6 Å². The molecule has 1 aliphatic rings. The number of anilines is 2. The first-order valence-electron chi connectivity index (χ1n) is 10.3. The lowest BCUT2D eigenvalue weighted by Gasteiger charge is -2.36. The van der Waals surface area contributed by atoms with Crippen molar-refractivity contribution in [1.29, 1.82) is 0 Å². The number of rotatable bonds is 5. The number of sulfonamides is 1. The summed E-state index contributed by atoms with van der Waals surface area (Å²) in [5.41, 5.74) is 2.78. The third-order valence-corrected chi connectivity index (χ3v) is 7.17. The Morgan fingerprint density at radius 1 is 0.906 bits per heavy atom. The molecule has 3 aromatic carbocycles. The molecule has 1 heterocycles. The van der Waals surface area contributed by atoms with Crippen LogP contribution in [0.3, 0.4) is 0 Å². The van der Waals surface area contributed by atoms with Gasteiger partial charge in [-0.05, 0) is 49.4 Å². The third-order valence-electron chi connectivity index (χ3n) is 5.48. The van der Waals surface area contributed by atoms with E-state index in [0.717, 1.165) is 24.3 Å². The van der Waals surface area contributed by atoms with Gasteiger partial charge in [0.2, 0.25) is 0 Å². The smallest absolute Gasteiger partial charge is 0.261 e. The van der Waals surface area contributed by atoms with E-state index in [1.165, 1.54) is 12.1 Å². The molecule has 1 N–H and O–H groups in total. The predicted octanol–water partition coefficient (Wildman–Crippen LogP) is 4.41. The molecular formula is C24H24ClN3O3S. The zero-order valence-corrected chi connectivity index (χ0v) is 19.2. The molecule has 4 rings (SSSR count). The lowest BCUT2D eigenvalue weighted by molar-refractivity contribution is 0.0747. The number of amides is 1. The van der Waals surface area contributed by atoms with Crippen molar-refractivity contribution in [3.63, 3.8) is 0 Å². The van der Waals surface area contributed by atoms with E-state index in [1.807, 2.05) is 25.1 Å². The molecule has 0 spiro atoms. The van der Waals surface area contributed by atoms with Crippen LogP contribution in [0.1, 0.15) is 15.9 Å². The lowest BCUT2D eigenvalue weighted by atomic mass is 10.1. The highest BCUT2D eigenvalue weighted by Gasteiger charge is 2.23. The van der Waals surface area contributed by atoms with Crippen molar-refractivity contribution in [3.8, 4) is 0 Å². The van der Waals surface area contributed by atoms with Gasteiger partial charge in [-0.25, -0.2) is 8.42 Å². The molecule has 32 heavy (non-hydrogen) atoms. The molecule has 1 saturated heterocycles. The van der Waals surface area contributed by atoms with Gasteiger partial charge in [-0.2, -0.15) is 0 Å². The predicted molar refractivity (Wildman–Crippen MR) is 128 cm³/mol. The second-order valence-corrected chi connectivity index (χ2v) is 9.82. The minimum atomic E-state index is -3.77. The molecule has 0 atom stereocenters. The van der Waals surface area contributed by atoms with Crippen LogP contribution in [0.2, 0.25) is 5.02 Å². The van der Waals surface area contributed by atoms with E-state index in [2.05, 4.69) is 21.8 Å². The number of halogens is 1. The SMILES string of the molecule is Cc1ccc(S(=O)(=O)Nc2ccc(C(=O)N3CCN(c4ccccc4)CC3)cc2Cl)cc1. The fraction of sp³-hybridized carbons (Fsp3) is 0.208. The molecule has 1 amide bonds. The third kappa shape index (κ3) is 4.89. The number of aryl methyl sites for hydroxylation is 1. The van der Waals surface area contributed by atoms with Gasteiger partial charge in [0, 0.05) is 37.4 Å². The molecule has 0 aliphatic carbocycles. The molecule has 8 heteroatoms. The number of hydrogen-bond acceptors (Lipinski definition) is 4. The summed E-state index contributed by atoms with van der Waals surface area (Å²) in [7, 11) is -3.77. The number of piperazine rings is 1. The maximum Gasteiger partial charge on any atom is 0.261 e. The number of hydrogen-bond donors (Lipinski definition) is 1. The largest absolute Gasteiger partial charge is 0.368 e. The van der Waals surface area contributed by atoms with Crippen LogP contribution >= 0.6 is 11.6 Å². The van der Waals surface area contributed by atoms with Crippen molar-refractivity contribution in [3.05, 3.63) is 88.9 Å². The Labute approximate surface area is 193 Å². The van der Waals surface area contributed by atoms with Crippen LogP contribution in [0.25, 0.3) is 0 Å². The van der Waals surface area contributed by atoms with Gasteiger partial charge < -0.3 is 9.80 Å². The molecule has 166 valence electrons. The second kappa shape index (κ2) is 9.22. The Kier molecular flexibility index (Phi) is 6.39. The first-order valence-corrected chi connectivity index (χ1v) is 12.2. The fourth-order valence-electron chi connectivity index (χ4n) is 3.64. The van der Waals surface area contributed by atoms with Crippen molar-refractivity contribution < 1.29 is 13.2 Å².